The van der Waals surface area contributed by atoms with Crippen molar-refractivity contribution >= 4 is 27.4 Å². The summed E-state index contributed by atoms with van der Waals surface area (Å²) in [5.74, 6) is 0.400. The molecular weight excluding hydrogens is 346 g/mol. The molecule has 8 heteroatoms. The van der Waals surface area contributed by atoms with E-state index in [1.807, 2.05) is 5.38 Å². The standard InChI is InChI=1S/C17H16F2N4OS/c18-14(19)10-23-15(21-12-5-2-1-4-11(12)16(23)24)13-6-3-8-22(13)17-20-7-9-25-17/h1-2,4-5,7,9,13-14H,3,6,8,10H2. The topological polar surface area (TPSA) is 51.0 Å². The molecule has 5 nitrogen and oxygen atoms in total. The number of para-hydroxylation sites is 1. The van der Waals surface area contributed by atoms with Crippen LogP contribution in [0.5, 0.6) is 0 Å². The second-order valence-corrected chi connectivity index (χ2v) is 6.83. The van der Waals surface area contributed by atoms with Crippen molar-refractivity contribution in [3.05, 3.63) is 52.0 Å². The summed E-state index contributed by atoms with van der Waals surface area (Å²) in [4.78, 5) is 23.8. The Morgan fingerprint density at radius 1 is 1.32 bits per heavy atom. The van der Waals surface area contributed by atoms with Crippen LogP contribution in [-0.4, -0.2) is 27.5 Å². The minimum absolute atomic E-state index is 0.220. The van der Waals surface area contributed by atoms with Gasteiger partial charge in [-0.3, -0.25) is 9.36 Å². The average molecular weight is 362 g/mol. The Balaban J connectivity index is 1.89. The van der Waals surface area contributed by atoms with Gasteiger partial charge in [-0.25, -0.2) is 18.7 Å². The molecule has 4 rings (SSSR count). The van der Waals surface area contributed by atoms with Gasteiger partial charge in [0.25, 0.3) is 12.0 Å². The van der Waals surface area contributed by atoms with Gasteiger partial charge in [-0.15, -0.1) is 11.3 Å². The van der Waals surface area contributed by atoms with Gasteiger partial charge in [0.05, 0.1) is 23.5 Å². The molecule has 0 N–H and O–H groups in total. The number of anilines is 1. The van der Waals surface area contributed by atoms with E-state index in [9.17, 15) is 13.6 Å². The maximum Gasteiger partial charge on any atom is 0.261 e. The molecule has 2 aromatic heterocycles. The molecule has 1 atom stereocenters. The first-order chi connectivity index (χ1) is 12.1. The van der Waals surface area contributed by atoms with Gasteiger partial charge in [0.2, 0.25) is 0 Å². The van der Waals surface area contributed by atoms with E-state index in [4.69, 9.17) is 0 Å². The van der Waals surface area contributed by atoms with Crippen molar-refractivity contribution in [3.8, 4) is 0 Å². The first-order valence-corrected chi connectivity index (χ1v) is 8.97. The van der Waals surface area contributed by atoms with Gasteiger partial charge in [-0.05, 0) is 25.0 Å². The molecule has 1 aliphatic rings. The maximum atomic E-state index is 13.1. The van der Waals surface area contributed by atoms with Gasteiger partial charge in [0.15, 0.2) is 5.13 Å². The van der Waals surface area contributed by atoms with Crippen LogP contribution in [0.15, 0.2) is 40.6 Å². The van der Waals surface area contributed by atoms with E-state index in [1.54, 1.807) is 30.5 Å². The zero-order valence-corrected chi connectivity index (χ0v) is 14.1. The highest BCUT2D eigenvalue weighted by Crippen LogP contribution is 2.36. The second kappa shape index (κ2) is 6.51. The Bertz CT molecular complexity index is 941. The van der Waals surface area contributed by atoms with Crippen LogP contribution < -0.4 is 10.5 Å². The molecule has 0 bridgehead atoms. The van der Waals surface area contributed by atoms with Gasteiger partial charge in [0, 0.05) is 18.1 Å². The van der Waals surface area contributed by atoms with Crippen LogP contribution in [0.1, 0.15) is 24.7 Å². The van der Waals surface area contributed by atoms with Crippen molar-refractivity contribution in [1.82, 2.24) is 14.5 Å². The summed E-state index contributed by atoms with van der Waals surface area (Å²) >= 11 is 1.50. The fraction of sp³-hybridized carbons (Fsp3) is 0.353. The van der Waals surface area contributed by atoms with Crippen molar-refractivity contribution in [1.29, 1.82) is 0 Å². The first kappa shape index (κ1) is 16.1. The molecule has 0 aliphatic carbocycles. The molecule has 3 heterocycles. The van der Waals surface area contributed by atoms with E-state index in [0.29, 0.717) is 16.7 Å². The van der Waals surface area contributed by atoms with Crippen LogP contribution >= 0.6 is 11.3 Å². The average Bonchev–Trinajstić information content (AvgIpc) is 3.27. The summed E-state index contributed by atoms with van der Waals surface area (Å²) in [6.07, 6.45) is 0.763. The maximum absolute atomic E-state index is 13.1. The van der Waals surface area contributed by atoms with Crippen molar-refractivity contribution in [2.24, 2.45) is 0 Å². The molecule has 0 spiro atoms. The zero-order chi connectivity index (χ0) is 17.4. The normalized spacial score (nSPS) is 17.7. The number of halogens is 2. The van der Waals surface area contributed by atoms with Crippen LogP contribution in [-0.2, 0) is 6.54 Å². The number of hydrogen-bond acceptors (Lipinski definition) is 5. The highest BCUT2D eigenvalue weighted by Gasteiger charge is 2.32. The van der Waals surface area contributed by atoms with E-state index in [2.05, 4.69) is 14.9 Å². The predicted octanol–water partition coefficient (Wildman–Crippen LogP) is 3.46. The van der Waals surface area contributed by atoms with Crippen LogP contribution in [0.25, 0.3) is 10.9 Å². The third kappa shape index (κ3) is 2.90. The highest BCUT2D eigenvalue weighted by atomic mass is 32.1. The summed E-state index contributed by atoms with van der Waals surface area (Å²) in [6.45, 7) is 0.129. The van der Waals surface area contributed by atoms with Gasteiger partial charge in [-0.2, -0.15) is 0 Å². The number of nitrogens with zero attached hydrogens (tertiary/aromatic N) is 4. The third-order valence-electron chi connectivity index (χ3n) is 4.43. The molecule has 0 radical (unpaired) electrons. The number of fused-ring (bicyclic) bond motifs is 1. The number of aromatic nitrogens is 3. The van der Waals surface area contributed by atoms with Crippen LogP contribution in [0.2, 0.25) is 0 Å². The minimum Gasteiger partial charge on any atom is -0.338 e. The Morgan fingerprint density at radius 2 is 2.16 bits per heavy atom. The Hall–Kier alpha value is -2.35. The van der Waals surface area contributed by atoms with Crippen molar-refractivity contribution in [2.75, 3.05) is 11.4 Å². The number of hydrogen-bond donors (Lipinski definition) is 0. The third-order valence-corrected chi connectivity index (χ3v) is 5.24. The molecule has 0 saturated carbocycles. The number of alkyl halides is 2. The summed E-state index contributed by atoms with van der Waals surface area (Å²) in [6, 6.07) is 6.67. The molecule has 1 unspecified atom stereocenters. The van der Waals surface area contributed by atoms with Gasteiger partial charge in [0.1, 0.15) is 5.82 Å². The lowest BCUT2D eigenvalue weighted by Gasteiger charge is -2.26. The smallest absolute Gasteiger partial charge is 0.261 e. The lowest BCUT2D eigenvalue weighted by atomic mass is 10.1. The van der Waals surface area contributed by atoms with Crippen LogP contribution in [0.4, 0.5) is 13.9 Å². The van der Waals surface area contributed by atoms with Gasteiger partial charge >= 0.3 is 0 Å². The van der Waals surface area contributed by atoms with Gasteiger partial charge < -0.3 is 4.90 Å². The molecule has 130 valence electrons. The summed E-state index contributed by atoms with van der Waals surface area (Å²) in [7, 11) is 0. The van der Waals surface area contributed by atoms with E-state index in [0.717, 1.165) is 29.1 Å². The Morgan fingerprint density at radius 3 is 2.92 bits per heavy atom. The summed E-state index contributed by atoms with van der Waals surface area (Å²) in [5, 5.41) is 3.07. The highest BCUT2D eigenvalue weighted by molar-refractivity contribution is 7.13. The van der Waals surface area contributed by atoms with Crippen LogP contribution in [0, 0.1) is 0 Å². The molecular formula is C17H16F2N4OS. The van der Waals surface area contributed by atoms with Crippen molar-refractivity contribution in [3.63, 3.8) is 0 Å². The van der Waals surface area contributed by atoms with E-state index in [1.165, 1.54) is 11.3 Å². The molecule has 1 saturated heterocycles. The monoisotopic (exact) mass is 362 g/mol. The zero-order valence-electron chi connectivity index (χ0n) is 13.3. The summed E-state index contributed by atoms with van der Waals surface area (Å²) < 4.78 is 27.4. The van der Waals surface area contributed by atoms with E-state index >= 15 is 0 Å². The Labute approximate surface area is 146 Å². The minimum atomic E-state index is -2.62. The number of benzene rings is 1. The molecule has 25 heavy (non-hydrogen) atoms. The molecule has 3 aromatic rings. The first-order valence-electron chi connectivity index (χ1n) is 8.09. The fourth-order valence-electron chi connectivity index (χ4n) is 3.38. The van der Waals surface area contributed by atoms with Crippen molar-refractivity contribution < 1.29 is 8.78 Å². The summed E-state index contributed by atoms with van der Waals surface area (Å²) in [5.41, 5.74) is 0.130. The SMILES string of the molecule is O=c1c2ccccc2nc(C2CCCN2c2nccs2)n1CC(F)F. The van der Waals surface area contributed by atoms with Gasteiger partial charge in [-0.1, -0.05) is 12.1 Å². The van der Waals surface area contributed by atoms with E-state index in [-0.39, 0.29) is 6.04 Å². The van der Waals surface area contributed by atoms with Crippen LogP contribution in [0.3, 0.4) is 0 Å². The quantitative estimate of drug-likeness (QED) is 0.713. The lowest BCUT2D eigenvalue weighted by Crippen LogP contribution is -2.33. The lowest BCUT2D eigenvalue weighted by molar-refractivity contribution is 0.123. The predicted molar refractivity (Wildman–Crippen MR) is 93.4 cm³/mol. The fourth-order valence-corrected chi connectivity index (χ4v) is 4.09. The Kier molecular flexibility index (Phi) is 4.20. The number of rotatable bonds is 4. The number of thiazole rings is 1. The van der Waals surface area contributed by atoms with Crippen molar-refractivity contribution in [2.45, 2.75) is 31.9 Å². The largest absolute Gasteiger partial charge is 0.338 e. The second-order valence-electron chi connectivity index (χ2n) is 5.96. The molecule has 0 amide bonds. The van der Waals surface area contributed by atoms with E-state index < -0.39 is 18.5 Å². The molecule has 1 fully saturated rings. The molecule has 1 aromatic carbocycles. The molecule has 1 aliphatic heterocycles.